The molecule has 0 radical (unpaired) electrons. The average molecular weight is 208 g/mol. The first-order valence-electron chi connectivity index (χ1n) is 6.00. The Balaban J connectivity index is 2.02. The SMILES string of the molecule is CCCCn1cnnc1C1CCNCC1. The van der Waals surface area contributed by atoms with Gasteiger partial charge in [0.05, 0.1) is 0 Å². The Labute approximate surface area is 91.1 Å². The van der Waals surface area contributed by atoms with Crippen molar-refractivity contribution in [1.29, 1.82) is 0 Å². The lowest BCUT2D eigenvalue weighted by atomic mass is 9.97. The molecule has 1 saturated heterocycles. The van der Waals surface area contributed by atoms with E-state index in [0.717, 1.165) is 19.6 Å². The van der Waals surface area contributed by atoms with Gasteiger partial charge in [-0.25, -0.2) is 0 Å². The molecule has 84 valence electrons. The van der Waals surface area contributed by atoms with Crippen LogP contribution < -0.4 is 5.32 Å². The van der Waals surface area contributed by atoms with Crippen LogP contribution in [0.1, 0.15) is 44.3 Å². The lowest BCUT2D eigenvalue weighted by molar-refractivity contribution is 0.427. The van der Waals surface area contributed by atoms with E-state index in [1.807, 2.05) is 6.33 Å². The largest absolute Gasteiger partial charge is 0.317 e. The molecule has 0 atom stereocenters. The van der Waals surface area contributed by atoms with Crippen LogP contribution in [-0.4, -0.2) is 27.9 Å². The number of hydrogen-bond acceptors (Lipinski definition) is 3. The zero-order valence-corrected chi connectivity index (χ0v) is 9.45. The third kappa shape index (κ3) is 2.56. The van der Waals surface area contributed by atoms with E-state index in [4.69, 9.17) is 0 Å². The molecule has 0 saturated carbocycles. The number of nitrogens with one attached hydrogen (secondary N) is 1. The second-order valence-electron chi connectivity index (χ2n) is 4.26. The minimum absolute atomic E-state index is 0.616. The van der Waals surface area contributed by atoms with E-state index < -0.39 is 0 Å². The van der Waals surface area contributed by atoms with E-state index in [2.05, 4.69) is 27.0 Å². The number of aromatic nitrogens is 3. The van der Waals surface area contributed by atoms with Gasteiger partial charge in [-0.2, -0.15) is 0 Å². The van der Waals surface area contributed by atoms with Crippen molar-refractivity contribution in [3.63, 3.8) is 0 Å². The fraction of sp³-hybridized carbons (Fsp3) is 0.818. The van der Waals surface area contributed by atoms with Gasteiger partial charge in [0.15, 0.2) is 0 Å². The number of nitrogens with zero attached hydrogens (tertiary/aromatic N) is 3. The van der Waals surface area contributed by atoms with Gasteiger partial charge in [-0.05, 0) is 32.4 Å². The van der Waals surface area contributed by atoms with E-state index >= 15 is 0 Å². The molecule has 2 rings (SSSR count). The molecule has 0 amide bonds. The molecular weight excluding hydrogens is 188 g/mol. The summed E-state index contributed by atoms with van der Waals surface area (Å²) in [6, 6.07) is 0. The highest BCUT2D eigenvalue weighted by atomic mass is 15.3. The van der Waals surface area contributed by atoms with E-state index in [9.17, 15) is 0 Å². The second kappa shape index (κ2) is 5.26. The summed E-state index contributed by atoms with van der Waals surface area (Å²) in [7, 11) is 0. The first-order valence-corrected chi connectivity index (χ1v) is 6.00. The van der Waals surface area contributed by atoms with Crippen LogP contribution in [-0.2, 0) is 6.54 Å². The van der Waals surface area contributed by atoms with Crippen LogP contribution in [0.3, 0.4) is 0 Å². The normalized spacial score (nSPS) is 18.2. The van der Waals surface area contributed by atoms with Crippen molar-refractivity contribution in [1.82, 2.24) is 20.1 Å². The summed E-state index contributed by atoms with van der Waals surface area (Å²) >= 11 is 0. The van der Waals surface area contributed by atoms with Crippen LogP contribution in [0.25, 0.3) is 0 Å². The molecule has 0 unspecified atom stereocenters. The number of unbranched alkanes of at least 4 members (excludes halogenated alkanes) is 1. The summed E-state index contributed by atoms with van der Waals surface area (Å²) in [5.74, 6) is 1.82. The summed E-state index contributed by atoms with van der Waals surface area (Å²) in [6.07, 6.45) is 6.72. The molecule has 2 heterocycles. The smallest absolute Gasteiger partial charge is 0.136 e. The summed E-state index contributed by atoms with van der Waals surface area (Å²) in [5, 5.41) is 11.7. The van der Waals surface area contributed by atoms with Gasteiger partial charge < -0.3 is 9.88 Å². The Morgan fingerprint density at radius 2 is 2.27 bits per heavy atom. The molecule has 4 nitrogen and oxygen atoms in total. The molecule has 4 heteroatoms. The Morgan fingerprint density at radius 1 is 1.47 bits per heavy atom. The van der Waals surface area contributed by atoms with Gasteiger partial charge in [0.25, 0.3) is 0 Å². The van der Waals surface area contributed by atoms with Gasteiger partial charge in [0.1, 0.15) is 12.2 Å². The maximum Gasteiger partial charge on any atom is 0.136 e. The minimum Gasteiger partial charge on any atom is -0.317 e. The van der Waals surface area contributed by atoms with Crippen molar-refractivity contribution >= 4 is 0 Å². The lowest BCUT2D eigenvalue weighted by Gasteiger charge is -2.22. The third-order valence-electron chi connectivity index (χ3n) is 3.10. The van der Waals surface area contributed by atoms with Crippen LogP contribution in [0.2, 0.25) is 0 Å². The maximum absolute atomic E-state index is 4.28. The Morgan fingerprint density at radius 3 is 3.00 bits per heavy atom. The van der Waals surface area contributed by atoms with Gasteiger partial charge in [-0.3, -0.25) is 0 Å². The summed E-state index contributed by atoms with van der Waals surface area (Å²) < 4.78 is 2.24. The monoisotopic (exact) mass is 208 g/mol. The second-order valence-corrected chi connectivity index (χ2v) is 4.26. The van der Waals surface area contributed by atoms with Crippen molar-refractivity contribution in [3.05, 3.63) is 12.2 Å². The van der Waals surface area contributed by atoms with Crippen LogP contribution in [0.5, 0.6) is 0 Å². The van der Waals surface area contributed by atoms with Gasteiger partial charge in [0.2, 0.25) is 0 Å². The maximum atomic E-state index is 4.28. The molecule has 0 spiro atoms. The summed E-state index contributed by atoms with van der Waals surface area (Å²) in [5.41, 5.74) is 0. The van der Waals surface area contributed by atoms with Crippen LogP contribution in [0.4, 0.5) is 0 Å². The molecule has 0 bridgehead atoms. The van der Waals surface area contributed by atoms with Crippen molar-refractivity contribution in [2.75, 3.05) is 13.1 Å². The van der Waals surface area contributed by atoms with Crippen molar-refractivity contribution in [3.8, 4) is 0 Å². The summed E-state index contributed by atoms with van der Waals surface area (Å²) in [6.45, 7) is 5.52. The molecule has 1 fully saturated rings. The standard InChI is InChI=1S/C11H20N4/c1-2-3-8-15-9-13-14-11(15)10-4-6-12-7-5-10/h9-10,12H,2-8H2,1H3. The fourth-order valence-corrected chi connectivity index (χ4v) is 2.16. The molecular formula is C11H20N4. The average Bonchev–Trinajstić information content (AvgIpc) is 2.75. The first-order chi connectivity index (χ1) is 7.42. The van der Waals surface area contributed by atoms with E-state index in [1.54, 1.807) is 0 Å². The molecule has 1 aliphatic rings. The quantitative estimate of drug-likeness (QED) is 0.816. The Bertz CT molecular complexity index is 289. The van der Waals surface area contributed by atoms with E-state index in [-0.39, 0.29) is 0 Å². The Hall–Kier alpha value is -0.900. The third-order valence-corrected chi connectivity index (χ3v) is 3.10. The van der Waals surface area contributed by atoms with Gasteiger partial charge in [-0.15, -0.1) is 10.2 Å². The zero-order chi connectivity index (χ0) is 10.5. The number of hydrogen-bond donors (Lipinski definition) is 1. The van der Waals surface area contributed by atoms with Gasteiger partial charge in [0, 0.05) is 12.5 Å². The highest BCUT2D eigenvalue weighted by Crippen LogP contribution is 2.23. The van der Waals surface area contributed by atoms with Crippen LogP contribution in [0.15, 0.2) is 6.33 Å². The summed E-state index contributed by atoms with van der Waals surface area (Å²) in [4.78, 5) is 0. The minimum atomic E-state index is 0.616. The molecule has 1 aliphatic heterocycles. The number of aryl methyl sites for hydroxylation is 1. The van der Waals surface area contributed by atoms with Crippen molar-refractivity contribution in [2.45, 2.75) is 45.1 Å². The zero-order valence-electron chi connectivity index (χ0n) is 9.45. The topological polar surface area (TPSA) is 42.7 Å². The van der Waals surface area contributed by atoms with Gasteiger partial charge in [-0.1, -0.05) is 13.3 Å². The number of piperidine rings is 1. The van der Waals surface area contributed by atoms with Crippen molar-refractivity contribution < 1.29 is 0 Å². The molecule has 15 heavy (non-hydrogen) atoms. The molecule has 1 aromatic heterocycles. The fourth-order valence-electron chi connectivity index (χ4n) is 2.16. The number of rotatable bonds is 4. The lowest BCUT2D eigenvalue weighted by Crippen LogP contribution is -2.28. The molecule has 0 aliphatic carbocycles. The predicted octanol–water partition coefficient (Wildman–Crippen LogP) is 1.55. The van der Waals surface area contributed by atoms with E-state index in [0.29, 0.717) is 5.92 Å². The Kier molecular flexibility index (Phi) is 3.72. The van der Waals surface area contributed by atoms with Crippen molar-refractivity contribution in [2.24, 2.45) is 0 Å². The van der Waals surface area contributed by atoms with Crippen LogP contribution in [0, 0.1) is 0 Å². The molecule has 0 aromatic carbocycles. The van der Waals surface area contributed by atoms with E-state index in [1.165, 1.54) is 31.5 Å². The predicted molar refractivity (Wildman–Crippen MR) is 59.8 cm³/mol. The highest BCUT2D eigenvalue weighted by molar-refractivity contribution is 4.98. The first kappa shape index (κ1) is 10.6. The molecule has 1 N–H and O–H groups in total. The highest BCUT2D eigenvalue weighted by Gasteiger charge is 2.19. The van der Waals surface area contributed by atoms with Crippen LogP contribution >= 0.6 is 0 Å². The van der Waals surface area contributed by atoms with Gasteiger partial charge >= 0.3 is 0 Å². The molecule has 1 aromatic rings.